The van der Waals surface area contributed by atoms with Crippen molar-refractivity contribution in [2.45, 2.75) is 32.9 Å². The Hall–Kier alpha value is -0.160. The molecule has 0 amide bonds. The van der Waals surface area contributed by atoms with Crippen molar-refractivity contribution in [3.05, 3.63) is 0 Å². The van der Waals surface area contributed by atoms with Gasteiger partial charge in [-0.1, -0.05) is 13.3 Å². The minimum atomic E-state index is -0.553. The molecule has 4 nitrogen and oxygen atoms in total. The smallest absolute Gasteiger partial charge is 0.128 e. The van der Waals surface area contributed by atoms with E-state index < -0.39 is 6.23 Å². The quantitative estimate of drug-likeness (QED) is 0.408. The summed E-state index contributed by atoms with van der Waals surface area (Å²) in [6.07, 6.45) is 1.66. The summed E-state index contributed by atoms with van der Waals surface area (Å²) in [5.74, 6) is 0. The van der Waals surface area contributed by atoms with Gasteiger partial charge in [-0.2, -0.15) is 0 Å². The lowest BCUT2D eigenvalue weighted by Gasteiger charge is -2.12. The number of aliphatic hydroxyl groups is 1. The second-order valence-corrected chi connectivity index (χ2v) is 3.10. The Morgan fingerprint density at radius 3 is 2.57 bits per heavy atom. The van der Waals surface area contributed by atoms with Gasteiger partial charge in [0.2, 0.25) is 0 Å². The van der Waals surface area contributed by atoms with Crippen LogP contribution in [0.4, 0.5) is 0 Å². The van der Waals surface area contributed by atoms with E-state index in [2.05, 4.69) is 12.2 Å². The van der Waals surface area contributed by atoms with E-state index in [4.69, 9.17) is 9.47 Å². The molecule has 0 saturated heterocycles. The molecule has 0 fully saturated rings. The number of hydrogen-bond donors (Lipinski definition) is 2. The number of hydrogen-bond acceptors (Lipinski definition) is 4. The van der Waals surface area contributed by atoms with E-state index in [0.717, 1.165) is 19.4 Å². The van der Waals surface area contributed by atoms with Crippen molar-refractivity contribution in [1.29, 1.82) is 0 Å². The number of rotatable bonds is 10. The van der Waals surface area contributed by atoms with Crippen LogP contribution in [0.25, 0.3) is 0 Å². The summed E-state index contributed by atoms with van der Waals surface area (Å²) in [6, 6.07) is 0. The molecule has 0 aromatic rings. The Morgan fingerprint density at radius 2 is 1.93 bits per heavy atom. The summed E-state index contributed by atoms with van der Waals surface area (Å²) in [5, 5.41) is 12.3. The van der Waals surface area contributed by atoms with Crippen LogP contribution in [0.5, 0.6) is 0 Å². The maximum atomic E-state index is 9.36. The van der Waals surface area contributed by atoms with Crippen molar-refractivity contribution < 1.29 is 14.6 Å². The largest absolute Gasteiger partial charge is 0.379 e. The molecule has 0 rings (SSSR count). The topological polar surface area (TPSA) is 50.7 Å². The monoisotopic (exact) mass is 205 g/mol. The van der Waals surface area contributed by atoms with E-state index in [1.54, 1.807) is 0 Å². The summed E-state index contributed by atoms with van der Waals surface area (Å²) in [6.45, 7) is 7.08. The van der Waals surface area contributed by atoms with Crippen LogP contribution in [0, 0.1) is 0 Å². The maximum absolute atomic E-state index is 9.36. The van der Waals surface area contributed by atoms with E-state index in [9.17, 15) is 5.11 Å². The predicted molar refractivity (Wildman–Crippen MR) is 56.2 cm³/mol. The van der Waals surface area contributed by atoms with Crippen molar-refractivity contribution in [3.63, 3.8) is 0 Å². The fourth-order valence-electron chi connectivity index (χ4n) is 0.962. The van der Waals surface area contributed by atoms with E-state index in [-0.39, 0.29) is 0 Å². The molecule has 2 N–H and O–H groups in total. The van der Waals surface area contributed by atoms with Crippen LogP contribution in [0.2, 0.25) is 0 Å². The van der Waals surface area contributed by atoms with Gasteiger partial charge < -0.3 is 14.6 Å². The van der Waals surface area contributed by atoms with Crippen molar-refractivity contribution in [2.75, 3.05) is 33.0 Å². The lowest BCUT2D eigenvalue weighted by atomic mass is 10.3. The van der Waals surface area contributed by atoms with Gasteiger partial charge in [-0.3, -0.25) is 5.32 Å². The third-order valence-electron chi connectivity index (χ3n) is 1.76. The zero-order chi connectivity index (χ0) is 10.6. The lowest BCUT2D eigenvalue weighted by molar-refractivity contribution is -0.00560. The number of unbranched alkanes of at least 4 members (excludes halogenated alkanes) is 1. The van der Waals surface area contributed by atoms with Crippen LogP contribution < -0.4 is 5.32 Å². The number of ether oxygens (including phenoxy) is 2. The molecule has 0 aromatic heterocycles. The van der Waals surface area contributed by atoms with Gasteiger partial charge in [0.25, 0.3) is 0 Å². The van der Waals surface area contributed by atoms with Crippen LogP contribution in [0.3, 0.4) is 0 Å². The molecule has 0 aliphatic heterocycles. The molecule has 14 heavy (non-hydrogen) atoms. The Bertz CT molecular complexity index is 112. The minimum Gasteiger partial charge on any atom is -0.379 e. The van der Waals surface area contributed by atoms with Gasteiger partial charge in [0, 0.05) is 6.61 Å². The highest BCUT2D eigenvalue weighted by Gasteiger charge is 2.01. The highest BCUT2D eigenvalue weighted by molar-refractivity contribution is 4.51. The van der Waals surface area contributed by atoms with Gasteiger partial charge in [0.05, 0.1) is 19.8 Å². The minimum absolute atomic E-state index is 0.330. The predicted octanol–water partition coefficient (Wildman–Crippen LogP) is 0.748. The van der Waals surface area contributed by atoms with Crippen LogP contribution in [0.1, 0.15) is 26.7 Å². The van der Waals surface area contributed by atoms with Gasteiger partial charge in [-0.15, -0.1) is 0 Å². The zero-order valence-electron chi connectivity index (χ0n) is 9.29. The SMILES string of the molecule is CCCCNC(O)COCCOCC. The third-order valence-corrected chi connectivity index (χ3v) is 1.76. The first-order valence-corrected chi connectivity index (χ1v) is 5.38. The molecule has 0 saturated carbocycles. The molecule has 4 heteroatoms. The Morgan fingerprint density at radius 1 is 1.21 bits per heavy atom. The Balaban J connectivity index is 3.06. The molecular formula is C10H23NO3. The summed E-state index contributed by atoms with van der Waals surface area (Å²) in [7, 11) is 0. The molecule has 0 aliphatic carbocycles. The van der Waals surface area contributed by atoms with Crippen LogP contribution in [0.15, 0.2) is 0 Å². The summed E-state index contributed by atoms with van der Waals surface area (Å²) in [4.78, 5) is 0. The first-order valence-electron chi connectivity index (χ1n) is 5.38. The van der Waals surface area contributed by atoms with Gasteiger partial charge in [0.15, 0.2) is 0 Å². The molecule has 1 unspecified atom stereocenters. The van der Waals surface area contributed by atoms with Gasteiger partial charge >= 0.3 is 0 Å². The molecule has 0 aromatic carbocycles. The van der Waals surface area contributed by atoms with Crippen molar-refractivity contribution >= 4 is 0 Å². The Kier molecular flexibility index (Phi) is 10.8. The summed E-state index contributed by atoms with van der Waals surface area (Å²) < 4.78 is 10.3. The number of nitrogens with one attached hydrogen (secondary N) is 1. The molecule has 1 atom stereocenters. The van der Waals surface area contributed by atoms with E-state index in [1.807, 2.05) is 6.92 Å². The highest BCUT2D eigenvalue weighted by atomic mass is 16.5. The molecule has 0 spiro atoms. The maximum Gasteiger partial charge on any atom is 0.128 e. The van der Waals surface area contributed by atoms with E-state index in [0.29, 0.717) is 26.4 Å². The molecular weight excluding hydrogens is 182 g/mol. The lowest BCUT2D eigenvalue weighted by Crippen LogP contribution is -2.34. The third kappa shape index (κ3) is 9.92. The van der Waals surface area contributed by atoms with Gasteiger partial charge in [-0.05, 0) is 19.9 Å². The van der Waals surface area contributed by atoms with Crippen LogP contribution in [-0.2, 0) is 9.47 Å². The second kappa shape index (κ2) is 10.9. The van der Waals surface area contributed by atoms with E-state index in [1.165, 1.54) is 0 Å². The average Bonchev–Trinajstić information content (AvgIpc) is 2.18. The van der Waals surface area contributed by atoms with Crippen LogP contribution in [-0.4, -0.2) is 44.3 Å². The van der Waals surface area contributed by atoms with Gasteiger partial charge in [0.1, 0.15) is 6.23 Å². The highest BCUT2D eigenvalue weighted by Crippen LogP contribution is 1.86. The standard InChI is InChI=1S/C10H23NO3/c1-3-5-6-11-10(12)9-14-8-7-13-4-2/h10-12H,3-9H2,1-2H3. The molecule has 0 aliphatic rings. The van der Waals surface area contributed by atoms with E-state index >= 15 is 0 Å². The number of aliphatic hydroxyl groups excluding tert-OH is 1. The molecule has 0 heterocycles. The zero-order valence-corrected chi connectivity index (χ0v) is 9.29. The average molecular weight is 205 g/mol. The van der Waals surface area contributed by atoms with Gasteiger partial charge in [-0.25, -0.2) is 0 Å². The van der Waals surface area contributed by atoms with Crippen molar-refractivity contribution in [1.82, 2.24) is 5.32 Å². The fraction of sp³-hybridized carbons (Fsp3) is 1.00. The van der Waals surface area contributed by atoms with Crippen molar-refractivity contribution in [3.8, 4) is 0 Å². The first-order chi connectivity index (χ1) is 6.81. The van der Waals surface area contributed by atoms with Crippen LogP contribution >= 0.6 is 0 Å². The molecule has 0 bridgehead atoms. The second-order valence-electron chi connectivity index (χ2n) is 3.10. The Labute approximate surface area is 86.6 Å². The normalized spacial score (nSPS) is 13.1. The first kappa shape index (κ1) is 13.8. The molecule has 0 radical (unpaired) electrons. The van der Waals surface area contributed by atoms with Crippen molar-refractivity contribution in [2.24, 2.45) is 0 Å². The fourth-order valence-corrected chi connectivity index (χ4v) is 0.962. The summed E-state index contributed by atoms with van der Waals surface area (Å²) >= 11 is 0. The molecule has 86 valence electrons. The summed E-state index contributed by atoms with van der Waals surface area (Å²) in [5.41, 5.74) is 0.